The number of carbonyl (C=O) groups is 2. The fourth-order valence-corrected chi connectivity index (χ4v) is 2.67. The van der Waals surface area contributed by atoms with Crippen LogP contribution < -0.4 is 10.1 Å². The monoisotopic (exact) mass is 395 g/mol. The molecular formula is C20H20F3NO4. The summed E-state index contributed by atoms with van der Waals surface area (Å²) in [5.41, 5.74) is 0.307. The fraction of sp³-hybridized carbons (Fsp3) is 0.300. The van der Waals surface area contributed by atoms with Crippen LogP contribution in [0.3, 0.4) is 0 Å². The predicted octanol–water partition coefficient (Wildman–Crippen LogP) is 3.16. The smallest absolute Gasteiger partial charge is 0.416 e. The SMILES string of the molecule is COC(=O)[C@H](Cc1ccccc1OC)NC(=O)Cc1ccc(C(F)(F)F)cc1. The molecule has 150 valence electrons. The first-order valence-electron chi connectivity index (χ1n) is 8.39. The molecule has 0 unspecified atom stereocenters. The number of carbonyl (C=O) groups excluding carboxylic acids is 2. The summed E-state index contributed by atoms with van der Waals surface area (Å²) in [6, 6.07) is 10.4. The second-order valence-electron chi connectivity index (χ2n) is 6.03. The van der Waals surface area contributed by atoms with E-state index in [1.807, 2.05) is 0 Å². The van der Waals surface area contributed by atoms with Gasteiger partial charge in [-0.3, -0.25) is 4.79 Å². The maximum atomic E-state index is 12.6. The Balaban J connectivity index is 2.07. The Labute approximate surface area is 160 Å². The van der Waals surface area contributed by atoms with Crippen molar-refractivity contribution in [1.29, 1.82) is 0 Å². The second-order valence-corrected chi connectivity index (χ2v) is 6.03. The number of esters is 1. The molecular weight excluding hydrogens is 375 g/mol. The number of hydrogen-bond donors (Lipinski definition) is 1. The van der Waals surface area contributed by atoms with E-state index >= 15 is 0 Å². The number of nitrogens with one attached hydrogen (secondary N) is 1. The third-order valence-corrected chi connectivity index (χ3v) is 4.08. The summed E-state index contributed by atoms with van der Waals surface area (Å²) in [5, 5.41) is 2.57. The molecule has 28 heavy (non-hydrogen) atoms. The van der Waals surface area contributed by atoms with Gasteiger partial charge in [0, 0.05) is 6.42 Å². The molecule has 5 nitrogen and oxygen atoms in total. The summed E-state index contributed by atoms with van der Waals surface area (Å²) in [6.45, 7) is 0. The van der Waals surface area contributed by atoms with E-state index in [-0.39, 0.29) is 12.8 Å². The molecule has 0 radical (unpaired) electrons. The number of benzene rings is 2. The molecule has 0 spiro atoms. The summed E-state index contributed by atoms with van der Waals surface area (Å²) in [4.78, 5) is 24.4. The molecule has 1 atom stereocenters. The van der Waals surface area contributed by atoms with Gasteiger partial charge < -0.3 is 14.8 Å². The lowest BCUT2D eigenvalue weighted by Gasteiger charge is -2.18. The zero-order valence-electron chi connectivity index (χ0n) is 15.4. The molecule has 0 saturated carbocycles. The highest BCUT2D eigenvalue weighted by molar-refractivity contribution is 5.85. The molecule has 2 rings (SSSR count). The lowest BCUT2D eigenvalue weighted by molar-refractivity contribution is -0.145. The van der Waals surface area contributed by atoms with Crippen molar-refractivity contribution in [2.75, 3.05) is 14.2 Å². The number of rotatable bonds is 7. The average Bonchev–Trinajstić information content (AvgIpc) is 2.67. The van der Waals surface area contributed by atoms with Crippen molar-refractivity contribution in [3.05, 3.63) is 65.2 Å². The van der Waals surface area contributed by atoms with Crippen molar-refractivity contribution < 1.29 is 32.2 Å². The van der Waals surface area contributed by atoms with Crippen LogP contribution in [0.1, 0.15) is 16.7 Å². The van der Waals surface area contributed by atoms with Crippen molar-refractivity contribution in [2.45, 2.75) is 25.1 Å². The van der Waals surface area contributed by atoms with Crippen LogP contribution in [-0.4, -0.2) is 32.1 Å². The van der Waals surface area contributed by atoms with Gasteiger partial charge in [-0.1, -0.05) is 30.3 Å². The summed E-state index contributed by atoms with van der Waals surface area (Å²) in [7, 11) is 2.70. The topological polar surface area (TPSA) is 64.6 Å². The van der Waals surface area contributed by atoms with Crippen LogP contribution in [0.25, 0.3) is 0 Å². The lowest BCUT2D eigenvalue weighted by Crippen LogP contribution is -2.43. The largest absolute Gasteiger partial charge is 0.496 e. The second kappa shape index (κ2) is 9.25. The van der Waals surface area contributed by atoms with Gasteiger partial charge in [0.1, 0.15) is 11.8 Å². The number of amides is 1. The number of methoxy groups -OCH3 is 2. The Hall–Kier alpha value is -3.03. The Morgan fingerprint density at radius 3 is 2.25 bits per heavy atom. The molecule has 1 N–H and O–H groups in total. The van der Waals surface area contributed by atoms with Crippen LogP contribution in [0.15, 0.2) is 48.5 Å². The molecule has 8 heteroatoms. The maximum absolute atomic E-state index is 12.6. The molecule has 0 aromatic heterocycles. The van der Waals surface area contributed by atoms with E-state index in [0.717, 1.165) is 12.1 Å². The van der Waals surface area contributed by atoms with Crippen molar-refractivity contribution in [2.24, 2.45) is 0 Å². The van der Waals surface area contributed by atoms with Gasteiger partial charge in [-0.15, -0.1) is 0 Å². The molecule has 0 saturated heterocycles. The number of para-hydroxylation sites is 1. The van der Waals surface area contributed by atoms with Gasteiger partial charge in [-0.25, -0.2) is 4.79 Å². The highest BCUT2D eigenvalue weighted by atomic mass is 19.4. The van der Waals surface area contributed by atoms with Crippen molar-refractivity contribution in [3.63, 3.8) is 0 Å². The van der Waals surface area contributed by atoms with Gasteiger partial charge in [-0.05, 0) is 29.3 Å². The fourth-order valence-electron chi connectivity index (χ4n) is 2.67. The first-order valence-corrected chi connectivity index (χ1v) is 8.39. The van der Waals surface area contributed by atoms with Crippen molar-refractivity contribution in [1.82, 2.24) is 5.32 Å². The van der Waals surface area contributed by atoms with Gasteiger partial charge in [0.05, 0.1) is 26.2 Å². The molecule has 0 bridgehead atoms. The Bertz CT molecular complexity index is 819. The third-order valence-electron chi connectivity index (χ3n) is 4.08. The van der Waals surface area contributed by atoms with Gasteiger partial charge in [0.2, 0.25) is 5.91 Å². The zero-order valence-corrected chi connectivity index (χ0v) is 15.4. The van der Waals surface area contributed by atoms with Crippen LogP contribution >= 0.6 is 0 Å². The van der Waals surface area contributed by atoms with Crippen LogP contribution in [0.2, 0.25) is 0 Å². The van der Waals surface area contributed by atoms with Crippen molar-refractivity contribution >= 4 is 11.9 Å². The van der Waals surface area contributed by atoms with Gasteiger partial charge in [0.25, 0.3) is 0 Å². The van der Waals surface area contributed by atoms with Crippen LogP contribution in [0.5, 0.6) is 5.75 Å². The van der Waals surface area contributed by atoms with Crippen LogP contribution in [0.4, 0.5) is 13.2 Å². The first-order chi connectivity index (χ1) is 13.2. The molecule has 0 heterocycles. The number of halogens is 3. The summed E-state index contributed by atoms with van der Waals surface area (Å²) >= 11 is 0. The highest BCUT2D eigenvalue weighted by Gasteiger charge is 2.30. The Morgan fingerprint density at radius 2 is 1.68 bits per heavy atom. The molecule has 2 aromatic carbocycles. The average molecular weight is 395 g/mol. The zero-order chi connectivity index (χ0) is 20.7. The maximum Gasteiger partial charge on any atom is 0.416 e. The van der Waals surface area contributed by atoms with E-state index < -0.39 is 29.7 Å². The van der Waals surface area contributed by atoms with Gasteiger partial charge >= 0.3 is 12.1 Å². The van der Waals surface area contributed by atoms with Crippen LogP contribution in [-0.2, 0) is 33.3 Å². The predicted molar refractivity (Wildman–Crippen MR) is 95.8 cm³/mol. The molecule has 1 amide bonds. The van der Waals surface area contributed by atoms with E-state index in [4.69, 9.17) is 9.47 Å². The first kappa shape index (κ1) is 21.3. The number of hydrogen-bond acceptors (Lipinski definition) is 4. The Kier molecular flexibility index (Phi) is 7.03. The molecule has 2 aromatic rings. The number of alkyl halides is 3. The summed E-state index contributed by atoms with van der Waals surface area (Å²) < 4.78 is 47.8. The number of ether oxygens (including phenoxy) is 2. The van der Waals surface area contributed by atoms with E-state index in [0.29, 0.717) is 16.9 Å². The summed E-state index contributed by atoms with van der Waals surface area (Å²) in [6.07, 6.45) is -4.46. The van der Waals surface area contributed by atoms with Crippen LogP contribution in [0, 0.1) is 0 Å². The molecule has 0 aliphatic carbocycles. The van der Waals surface area contributed by atoms with Gasteiger partial charge in [0.15, 0.2) is 0 Å². The standard InChI is InChI=1S/C20H20F3NO4/c1-27-17-6-4-3-5-14(17)12-16(19(26)28-2)24-18(25)11-13-7-9-15(10-8-13)20(21,22)23/h3-10,16H,11-12H2,1-2H3,(H,24,25)/t16-/m0/s1. The van der Waals surface area contributed by atoms with Crippen molar-refractivity contribution in [3.8, 4) is 5.75 Å². The van der Waals surface area contributed by atoms with Gasteiger partial charge in [-0.2, -0.15) is 13.2 Å². The summed E-state index contributed by atoms with van der Waals surface area (Å²) in [5.74, 6) is -0.579. The highest BCUT2D eigenvalue weighted by Crippen LogP contribution is 2.29. The minimum Gasteiger partial charge on any atom is -0.496 e. The van der Waals surface area contributed by atoms with E-state index in [9.17, 15) is 22.8 Å². The van der Waals surface area contributed by atoms with E-state index in [2.05, 4.69) is 5.32 Å². The molecule has 0 aliphatic rings. The lowest BCUT2D eigenvalue weighted by atomic mass is 10.0. The molecule has 0 aliphatic heterocycles. The minimum atomic E-state index is -4.44. The normalized spacial score (nSPS) is 12.2. The van der Waals surface area contributed by atoms with E-state index in [1.54, 1.807) is 24.3 Å². The van der Waals surface area contributed by atoms with E-state index in [1.165, 1.54) is 26.4 Å². The third kappa shape index (κ3) is 5.73. The minimum absolute atomic E-state index is 0.148. The Morgan fingerprint density at radius 1 is 1.04 bits per heavy atom. The molecule has 0 fully saturated rings. The quantitative estimate of drug-likeness (QED) is 0.732.